The monoisotopic (exact) mass is 289 g/mol. The third-order valence-corrected chi connectivity index (χ3v) is 3.65. The largest absolute Gasteiger partial charge is 0.446 e. The highest BCUT2D eigenvalue weighted by atomic mass is 16.5. The molecule has 0 bridgehead atoms. The SMILES string of the molecule is CCCCCCCCCCCCN=COc1ccccc1. The van der Waals surface area contributed by atoms with E-state index >= 15 is 0 Å². The number of hydrogen-bond acceptors (Lipinski definition) is 2. The normalized spacial score (nSPS) is 11.1. The third kappa shape index (κ3) is 11.1. The summed E-state index contributed by atoms with van der Waals surface area (Å²) in [5.74, 6) is 0.851. The number of rotatable bonds is 13. The summed E-state index contributed by atoms with van der Waals surface area (Å²) < 4.78 is 5.41. The maximum atomic E-state index is 5.41. The van der Waals surface area contributed by atoms with Crippen molar-refractivity contribution in [2.75, 3.05) is 6.54 Å². The van der Waals surface area contributed by atoms with E-state index < -0.39 is 0 Å². The van der Waals surface area contributed by atoms with E-state index in [0.29, 0.717) is 0 Å². The van der Waals surface area contributed by atoms with Gasteiger partial charge in [0, 0.05) is 6.54 Å². The Morgan fingerprint density at radius 3 is 2.00 bits per heavy atom. The second kappa shape index (κ2) is 13.7. The van der Waals surface area contributed by atoms with Gasteiger partial charge in [0.05, 0.1) is 0 Å². The number of benzene rings is 1. The van der Waals surface area contributed by atoms with E-state index in [1.54, 1.807) is 6.40 Å². The van der Waals surface area contributed by atoms with Gasteiger partial charge in [0.15, 0.2) is 6.40 Å². The second-order valence-electron chi connectivity index (χ2n) is 5.62. The van der Waals surface area contributed by atoms with Gasteiger partial charge >= 0.3 is 0 Å². The van der Waals surface area contributed by atoms with Gasteiger partial charge < -0.3 is 4.74 Å². The molecule has 0 saturated heterocycles. The van der Waals surface area contributed by atoms with E-state index in [2.05, 4.69) is 11.9 Å². The van der Waals surface area contributed by atoms with Gasteiger partial charge in [-0.25, -0.2) is 0 Å². The number of nitrogens with zero attached hydrogens (tertiary/aromatic N) is 1. The summed E-state index contributed by atoms with van der Waals surface area (Å²) in [6, 6.07) is 9.78. The molecule has 0 heterocycles. The number of unbranched alkanes of at least 4 members (excludes halogenated alkanes) is 9. The molecule has 0 unspecified atom stereocenters. The molecule has 0 spiro atoms. The van der Waals surface area contributed by atoms with Crippen LogP contribution in [0.3, 0.4) is 0 Å². The summed E-state index contributed by atoms with van der Waals surface area (Å²) in [4.78, 5) is 4.29. The van der Waals surface area contributed by atoms with E-state index in [9.17, 15) is 0 Å². The van der Waals surface area contributed by atoms with Crippen LogP contribution < -0.4 is 4.74 Å². The summed E-state index contributed by atoms with van der Waals surface area (Å²) in [5.41, 5.74) is 0. The summed E-state index contributed by atoms with van der Waals surface area (Å²) in [6.45, 7) is 3.15. The van der Waals surface area contributed by atoms with Gasteiger partial charge in [0.2, 0.25) is 0 Å². The lowest BCUT2D eigenvalue weighted by Crippen LogP contribution is -1.91. The Bertz CT molecular complexity index is 348. The van der Waals surface area contributed by atoms with Crippen LogP contribution >= 0.6 is 0 Å². The lowest BCUT2D eigenvalue weighted by molar-refractivity contribution is 0.552. The number of aliphatic imine (C=N–C) groups is 1. The Labute approximate surface area is 130 Å². The fourth-order valence-electron chi connectivity index (χ4n) is 2.34. The Morgan fingerprint density at radius 2 is 1.38 bits per heavy atom. The van der Waals surface area contributed by atoms with Crippen LogP contribution in [0.5, 0.6) is 5.75 Å². The molecule has 0 N–H and O–H groups in total. The average Bonchev–Trinajstić information content (AvgIpc) is 2.53. The average molecular weight is 289 g/mol. The van der Waals surface area contributed by atoms with Crippen molar-refractivity contribution in [1.82, 2.24) is 0 Å². The zero-order valence-electron chi connectivity index (χ0n) is 13.6. The van der Waals surface area contributed by atoms with E-state index in [1.165, 1.54) is 64.2 Å². The molecule has 1 rings (SSSR count). The number of para-hydroxylation sites is 1. The van der Waals surface area contributed by atoms with Crippen molar-refractivity contribution < 1.29 is 4.74 Å². The van der Waals surface area contributed by atoms with Crippen molar-refractivity contribution in [3.8, 4) is 5.75 Å². The molecular formula is C19H31NO. The molecule has 0 saturated carbocycles. The van der Waals surface area contributed by atoms with Crippen LogP contribution in [0.1, 0.15) is 71.1 Å². The van der Waals surface area contributed by atoms with E-state index in [0.717, 1.165) is 12.3 Å². The molecule has 0 atom stereocenters. The molecular weight excluding hydrogens is 258 g/mol. The van der Waals surface area contributed by atoms with Gasteiger partial charge in [-0.3, -0.25) is 4.99 Å². The lowest BCUT2D eigenvalue weighted by Gasteiger charge is -2.01. The topological polar surface area (TPSA) is 21.6 Å². The standard InChI is InChI=1S/C19H31NO/c1-2-3-4-5-6-7-8-9-10-14-17-20-18-21-19-15-12-11-13-16-19/h11-13,15-16,18H,2-10,14,17H2,1H3. The highest BCUT2D eigenvalue weighted by molar-refractivity contribution is 5.51. The van der Waals surface area contributed by atoms with Crippen molar-refractivity contribution in [2.45, 2.75) is 71.1 Å². The minimum atomic E-state index is 0.851. The molecule has 0 amide bonds. The summed E-state index contributed by atoms with van der Waals surface area (Å²) in [5, 5.41) is 0. The molecule has 0 aliphatic heterocycles. The minimum Gasteiger partial charge on any atom is -0.446 e. The summed E-state index contributed by atoms with van der Waals surface area (Å²) >= 11 is 0. The Kier molecular flexibility index (Phi) is 11.5. The maximum absolute atomic E-state index is 5.41. The first-order valence-electron chi connectivity index (χ1n) is 8.63. The van der Waals surface area contributed by atoms with Crippen LogP contribution in [0.4, 0.5) is 0 Å². The van der Waals surface area contributed by atoms with Gasteiger partial charge in [-0.05, 0) is 18.6 Å². The molecule has 0 radical (unpaired) electrons. The first-order valence-corrected chi connectivity index (χ1v) is 8.63. The van der Waals surface area contributed by atoms with Crippen molar-refractivity contribution in [3.05, 3.63) is 30.3 Å². The first-order chi connectivity index (χ1) is 10.4. The zero-order valence-corrected chi connectivity index (χ0v) is 13.6. The molecule has 21 heavy (non-hydrogen) atoms. The van der Waals surface area contributed by atoms with Gasteiger partial charge in [-0.2, -0.15) is 0 Å². The lowest BCUT2D eigenvalue weighted by atomic mass is 10.1. The van der Waals surface area contributed by atoms with E-state index in [1.807, 2.05) is 30.3 Å². The van der Waals surface area contributed by atoms with Crippen molar-refractivity contribution >= 4 is 6.40 Å². The van der Waals surface area contributed by atoms with E-state index in [-0.39, 0.29) is 0 Å². The highest BCUT2D eigenvalue weighted by Gasteiger charge is 1.92. The van der Waals surface area contributed by atoms with Crippen molar-refractivity contribution in [3.63, 3.8) is 0 Å². The van der Waals surface area contributed by atoms with Gasteiger partial charge in [-0.1, -0.05) is 82.9 Å². The molecule has 0 aromatic heterocycles. The highest BCUT2D eigenvalue weighted by Crippen LogP contribution is 2.10. The van der Waals surface area contributed by atoms with Gasteiger partial charge in [0.1, 0.15) is 5.75 Å². The predicted molar refractivity (Wildman–Crippen MR) is 92.3 cm³/mol. The third-order valence-electron chi connectivity index (χ3n) is 3.65. The fraction of sp³-hybridized carbons (Fsp3) is 0.632. The molecule has 0 fully saturated rings. The van der Waals surface area contributed by atoms with Crippen molar-refractivity contribution in [2.24, 2.45) is 4.99 Å². The summed E-state index contributed by atoms with van der Waals surface area (Å²) in [7, 11) is 0. The molecule has 118 valence electrons. The fourth-order valence-corrected chi connectivity index (χ4v) is 2.34. The second-order valence-corrected chi connectivity index (χ2v) is 5.62. The van der Waals surface area contributed by atoms with Crippen LogP contribution in [0.2, 0.25) is 0 Å². The molecule has 2 heteroatoms. The number of hydrogen-bond donors (Lipinski definition) is 0. The van der Waals surface area contributed by atoms with Crippen LogP contribution in [0.15, 0.2) is 35.3 Å². The first kappa shape index (κ1) is 17.7. The maximum Gasteiger partial charge on any atom is 0.176 e. The Hall–Kier alpha value is -1.31. The van der Waals surface area contributed by atoms with Gasteiger partial charge in [0.25, 0.3) is 0 Å². The molecule has 2 nitrogen and oxygen atoms in total. The summed E-state index contributed by atoms with van der Waals surface area (Å²) in [6.07, 6.45) is 15.2. The predicted octanol–water partition coefficient (Wildman–Crippen LogP) is 6.01. The minimum absolute atomic E-state index is 0.851. The molecule has 1 aromatic carbocycles. The zero-order chi connectivity index (χ0) is 15.0. The van der Waals surface area contributed by atoms with Crippen LogP contribution in [-0.4, -0.2) is 12.9 Å². The molecule has 0 aliphatic carbocycles. The smallest absolute Gasteiger partial charge is 0.176 e. The van der Waals surface area contributed by atoms with Crippen molar-refractivity contribution in [1.29, 1.82) is 0 Å². The quantitative estimate of drug-likeness (QED) is 0.247. The van der Waals surface area contributed by atoms with Gasteiger partial charge in [-0.15, -0.1) is 0 Å². The Balaban J connectivity index is 1.82. The van der Waals surface area contributed by atoms with Crippen LogP contribution in [0, 0.1) is 0 Å². The molecule has 1 aromatic rings. The Morgan fingerprint density at radius 1 is 0.810 bits per heavy atom. The van der Waals surface area contributed by atoms with E-state index in [4.69, 9.17) is 4.74 Å². The number of ether oxygens (including phenoxy) is 1. The van der Waals surface area contributed by atoms with Crippen LogP contribution in [-0.2, 0) is 0 Å². The molecule has 0 aliphatic rings. The van der Waals surface area contributed by atoms with Crippen LogP contribution in [0.25, 0.3) is 0 Å².